The third-order valence-electron chi connectivity index (χ3n) is 4.81. The molecule has 146 valence electrons. The Morgan fingerprint density at radius 1 is 0.793 bits per heavy atom. The summed E-state index contributed by atoms with van der Waals surface area (Å²) in [7, 11) is 0. The minimum absolute atomic E-state index is 0.273. The van der Waals surface area contributed by atoms with Crippen molar-refractivity contribution in [3.63, 3.8) is 0 Å². The second-order valence-corrected chi connectivity index (χ2v) is 7.60. The lowest BCUT2D eigenvalue weighted by atomic mass is 10.0. The Morgan fingerprint density at radius 2 is 1.48 bits per heavy atom. The summed E-state index contributed by atoms with van der Waals surface area (Å²) in [5.41, 5.74) is 4.04. The molecule has 4 aromatic rings. The molecule has 0 aliphatic rings. The van der Waals surface area contributed by atoms with E-state index in [0.29, 0.717) is 22.7 Å². The Morgan fingerprint density at radius 3 is 2.17 bits per heavy atom. The van der Waals surface area contributed by atoms with Gasteiger partial charge in [0.1, 0.15) is 6.04 Å². The molecule has 0 aliphatic heterocycles. The third kappa shape index (κ3) is 4.33. The lowest BCUT2D eigenvalue weighted by Crippen LogP contribution is -2.13. The lowest BCUT2D eigenvalue weighted by Gasteiger charge is -2.17. The van der Waals surface area contributed by atoms with Crippen LogP contribution in [0, 0.1) is 0 Å². The van der Waals surface area contributed by atoms with Crippen molar-refractivity contribution < 1.29 is 4.42 Å². The van der Waals surface area contributed by atoms with Crippen LogP contribution in [0.4, 0.5) is 5.69 Å². The topological polar surface area (TPSA) is 51.0 Å². The molecule has 4 nitrogen and oxygen atoms in total. The minimum atomic E-state index is -0.273. The van der Waals surface area contributed by atoms with Crippen LogP contribution in [0.2, 0.25) is 5.02 Å². The highest BCUT2D eigenvalue weighted by Crippen LogP contribution is 2.31. The van der Waals surface area contributed by atoms with E-state index in [2.05, 4.69) is 53.6 Å². The van der Waals surface area contributed by atoms with Crippen LogP contribution in [0.15, 0.2) is 83.3 Å². The van der Waals surface area contributed by atoms with Crippen molar-refractivity contribution in [2.24, 2.45) is 0 Å². The van der Waals surface area contributed by atoms with E-state index in [1.807, 2.05) is 54.6 Å². The van der Waals surface area contributed by atoms with E-state index in [0.717, 1.165) is 16.8 Å². The highest BCUT2D eigenvalue weighted by Gasteiger charge is 2.22. The van der Waals surface area contributed by atoms with Crippen molar-refractivity contribution in [3.8, 4) is 11.5 Å². The molecule has 0 spiro atoms. The van der Waals surface area contributed by atoms with Gasteiger partial charge in [0, 0.05) is 5.69 Å². The SMILES string of the molecule is CC(C)c1ccc(NC(c2ccccc2)c2nnc(-c3ccccc3Cl)o2)cc1. The van der Waals surface area contributed by atoms with Gasteiger partial charge in [-0.1, -0.05) is 80.0 Å². The molecule has 4 rings (SSSR count). The fraction of sp³-hybridized carbons (Fsp3) is 0.167. The van der Waals surface area contributed by atoms with Gasteiger partial charge in [0.25, 0.3) is 0 Å². The molecule has 3 aromatic carbocycles. The van der Waals surface area contributed by atoms with E-state index in [4.69, 9.17) is 16.0 Å². The second kappa shape index (κ2) is 8.50. The van der Waals surface area contributed by atoms with Crippen molar-refractivity contribution >= 4 is 17.3 Å². The van der Waals surface area contributed by atoms with Gasteiger partial charge in [-0.3, -0.25) is 0 Å². The number of nitrogens with zero attached hydrogens (tertiary/aromatic N) is 2. The van der Waals surface area contributed by atoms with Crippen LogP contribution in [-0.2, 0) is 0 Å². The molecule has 0 radical (unpaired) electrons. The van der Waals surface area contributed by atoms with E-state index >= 15 is 0 Å². The maximum absolute atomic E-state index is 6.29. The molecule has 0 fully saturated rings. The van der Waals surface area contributed by atoms with E-state index in [1.54, 1.807) is 0 Å². The van der Waals surface area contributed by atoms with Crippen molar-refractivity contribution in [2.45, 2.75) is 25.8 Å². The standard InChI is InChI=1S/C24H22ClN3O/c1-16(2)17-12-14-19(15-13-17)26-22(18-8-4-3-5-9-18)24-28-27-23(29-24)20-10-6-7-11-21(20)25/h3-16,22,26H,1-2H3. The fourth-order valence-electron chi connectivity index (χ4n) is 3.16. The number of aromatic nitrogens is 2. The zero-order chi connectivity index (χ0) is 20.2. The summed E-state index contributed by atoms with van der Waals surface area (Å²) < 4.78 is 6.03. The molecular formula is C24H22ClN3O. The monoisotopic (exact) mass is 403 g/mol. The predicted octanol–water partition coefficient (Wildman–Crippen LogP) is 6.71. The molecule has 29 heavy (non-hydrogen) atoms. The van der Waals surface area contributed by atoms with Crippen LogP contribution >= 0.6 is 11.6 Å². The van der Waals surface area contributed by atoms with Gasteiger partial charge < -0.3 is 9.73 Å². The van der Waals surface area contributed by atoms with Crippen molar-refractivity contribution in [1.29, 1.82) is 0 Å². The van der Waals surface area contributed by atoms with Crippen molar-refractivity contribution in [1.82, 2.24) is 10.2 Å². The predicted molar refractivity (Wildman–Crippen MR) is 117 cm³/mol. The number of hydrogen-bond acceptors (Lipinski definition) is 4. The molecule has 0 saturated heterocycles. The van der Waals surface area contributed by atoms with Crippen LogP contribution in [-0.4, -0.2) is 10.2 Å². The van der Waals surface area contributed by atoms with Crippen molar-refractivity contribution in [2.75, 3.05) is 5.32 Å². The summed E-state index contributed by atoms with van der Waals surface area (Å²) in [6.45, 7) is 4.37. The maximum atomic E-state index is 6.29. The van der Waals surface area contributed by atoms with Gasteiger partial charge in [-0.25, -0.2) is 0 Å². The Balaban J connectivity index is 1.68. The van der Waals surface area contributed by atoms with E-state index in [9.17, 15) is 0 Å². The van der Waals surface area contributed by atoms with Gasteiger partial charge in [0.2, 0.25) is 11.8 Å². The largest absolute Gasteiger partial charge is 0.418 e. The lowest BCUT2D eigenvalue weighted by molar-refractivity contribution is 0.494. The molecular weight excluding hydrogens is 382 g/mol. The van der Waals surface area contributed by atoms with Crippen LogP contribution in [0.5, 0.6) is 0 Å². The van der Waals surface area contributed by atoms with E-state index in [-0.39, 0.29) is 6.04 Å². The Hall–Kier alpha value is -3.11. The summed E-state index contributed by atoms with van der Waals surface area (Å²) in [5.74, 6) is 1.38. The molecule has 0 amide bonds. The summed E-state index contributed by atoms with van der Waals surface area (Å²) >= 11 is 6.29. The number of hydrogen-bond donors (Lipinski definition) is 1. The number of rotatable bonds is 6. The van der Waals surface area contributed by atoms with Crippen molar-refractivity contribution in [3.05, 3.63) is 101 Å². The zero-order valence-electron chi connectivity index (χ0n) is 16.3. The average Bonchev–Trinajstić information content (AvgIpc) is 3.23. The number of anilines is 1. The first-order valence-corrected chi connectivity index (χ1v) is 9.99. The first-order chi connectivity index (χ1) is 14.1. The van der Waals surface area contributed by atoms with Gasteiger partial charge in [-0.2, -0.15) is 0 Å². The van der Waals surface area contributed by atoms with Gasteiger partial charge in [-0.15, -0.1) is 10.2 Å². The van der Waals surface area contributed by atoms with Crippen LogP contribution in [0.3, 0.4) is 0 Å². The van der Waals surface area contributed by atoms with Gasteiger partial charge >= 0.3 is 0 Å². The molecule has 1 N–H and O–H groups in total. The van der Waals surface area contributed by atoms with Crippen LogP contribution < -0.4 is 5.32 Å². The summed E-state index contributed by atoms with van der Waals surface area (Å²) in [4.78, 5) is 0. The summed E-state index contributed by atoms with van der Waals surface area (Å²) in [5, 5.41) is 12.7. The second-order valence-electron chi connectivity index (χ2n) is 7.19. The highest BCUT2D eigenvalue weighted by molar-refractivity contribution is 6.33. The average molecular weight is 404 g/mol. The molecule has 1 atom stereocenters. The fourth-order valence-corrected chi connectivity index (χ4v) is 3.38. The minimum Gasteiger partial charge on any atom is -0.418 e. The first-order valence-electron chi connectivity index (χ1n) is 9.61. The van der Waals surface area contributed by atoms with E-state index in [1.165, 1.54) is 5.56 Å². The van der Waals surface area contributed by atoms with Gasteiger partial charge in [-0.05, 0) is 41.3 Å². The quantitative estimate of drug-likeness (QED) is 0.388. The molecule has 1 heterocycles. The molecule has 0 aliphatic carbocycles. The van der Waals surface area contributed by atoms with Gasteiger partial charge in [0.05, 0.1) is 10.6 Å². The number of benzene rings is 3. The molecule has 1 unspecified atom stereocenters. The first kappa shape index (κ1) is 19.2. The summed E-state index contributed by atoms with van der Waals surface area (Å²) in [6, 6.07) is 25.7. The van der Waals surface area contributed by atoms with Crippen LogP contribution in [0.1, 0.15) is 42.8 Å². The molecule has 5 heteroatoms. The van der Waals surface area contributed by atoms with Crippen LogP contribution in [0.25, 0.3) is 11.5 Å². The Bertz CT molecular complexity index is 1070. The van der Waals surface area contributed by atoms with E-state index < -0.39 is 0 Å². The normalized spacial score (nSPS) is 12.1. The van der Waals surface area contributed by atoms with Gasteiger partial charge in [0.15, 0.2) is 0 Å². The molecule has 1 aromatic heterocycles. The molecule has 0 saturated carbocycles. The Kier molecular flexibility index (Phi) is 5.63. The maximum Gasteiger partial charge on any atom is 0.249 e. The molecule has 0 bridgehead atoms. The third-order valence-corrected chi connectivity index (χ3v) is 5.14. The number of nitrogens with one attached hydrogen (secondary N) is 1. The smallest absolute Gasteiger partial charge is 0.249 e. The number of halogens is 1. The summed E-state index contributed by atoms with van der Waals surface area (Å²) in [6.07, 6.45) is 0. The zero-order valence-corrected chi connectivity index (χ0v) is 17.1. The highest BCUT2D eigenvalue weighted by atomic mass is 35.5. The Labute approximate surface area is 175 Å².